The van der Waals surface area contributed by atoms with Gasteiger partial charge in [-0.3, -0.25) is 4.79 Å². The van der Waals surface area contributed by atoms with E-state index in [-0.39, 0.29) is 17.4 Å². The topological polar surface area (TPSA) is 90.1 Å². The summed E-state index contributed by atoms with van der Waals surface area (Å²) in [6.07, 6.45) is 0. The van der Waals surface area contributed by atoms with E-state index in [0.717, 1.165) is 4.47 Å². The van der Waals surface area contributed by atoms with Gasteiger partial charge in [-0.05, 0) is 24.3 Å². The molecule has 0 radical (unpaired) electrons. The van der Waals surface area contributed by atoms with Crippen LogP contribution in [0.5, 0.6) is 5.75 Å². The Morgan fingerprint density at radius 2 is 2.11 bits per heavy atom. The Balaban J connectivity index is 2.18. The van der Waals surface area contributed by atoms with E-state index in [4.69, 9.17) is 10.5 Å². The summed E-state index contributed by atoms with van der Waals surface area (Å²) in [6.45, 7) is 0. The third kappa shape index (κ3) is 3.41. The normalized spacial score (nSPS) is 10.0. The fraction of sp³-hybridized carbons (Fsp3) is 0.0833. The molecule has 0 atom stereocenters. The van der Waals surface area contributed by atoms with Crippen LogP contribution in [-0.4, -0.2) is 23.2 Å². The summed E-state index contributed by atoms with van der Waals surface area (Å²) in [5.41, 5.74) is 6.19. The standard InChI is InChI=1S/C12H11BrN4O2/c1-19-9-5-7(13)4-8(6-9)15-12(18)10-2-3-11(14)17-16-10/h2-6H,1H3,(H2,14,17)(H,15,18). The number of halogens is 1. The van der Waals surface area contributed by atoms with Crippen molar-refractivity contribution in [3.63, 3.8) is 0 Å². The average Bonchev–Trinajstić information content (AvgIpc) is 2.38. The molecule has 0 unspecified atom stereocenters. The maximum absolute atomic E-state index is 11.9. The van der Waals surface area contributed by atoms with Crippen LogP contribution in [0.4, 0.5) is 11.5 Å². The van der Waals surface area contributed by atoms with Gasteiger partial charge in [0.05, 0.1) is 7.11 Å². The van der Waals surface area contributed by atoms with Crippen LogP contribution in [0.15, 0.2) is 34.8 Å². The number of anilines is 2. The largest absolute Gasteiger partial charge is 0.497 e. The van der Waals surface area contributed by atoms with Crippen LogP contribution in [0, 0.1) is 0 Å². The Morgan fingerprint density at radius 1 is 1.32 bits per heavy atom. The van der Waals surface area contributed by atoms with E-state index in [1.807, 2.05) is 0 Å². The predicted molar refractivity (Wildman–Crippen MR) is 75.1 cm³/mol. The number of nitrogens with two attached hydrogens (primary N) is 1. The molecule has 0 aliphatic heterocycles. The number of methoxy groups -OCH3 is 1. The van der Waals surface area contributed by atoms with E-state index in [9.17, 15) is 4.79 Å². The average molecular weight is 323 g/mol. The number of rotatable bonds is 3. The molecule has 0 fully saturated rings. The molecule has 6 nitrogen and oxygen atoms in total. The molecule has 0 saturated carbocycles. The highest BCUT2D eigenvalue weighted by atomic mass is 79.9. The van der Waals surface area contributed by atoms with Gasteiger partial charge in [0.1, 0.15) is 11.6 Å². The van der Waals surface area contributed by atoms with Crippen LogP contribution in [0.25, 0.3) is 0 Å². The highest BCUT2D eigenvalue weighted by Gasteiger charge is 2.09. The van der Waals surface area contributed by atoms with Crippen LogP contribution in [0.2, 0.25) is 0 Å². The number of hydrogen-bond donors (Lipinski definition) is 2. The van der Waals surface area contributed by atoms with Gasteiger partial charge in [-0.15, -0.1) is 10.2 Å². The molecule has 19 heavy (non-hydrogen) atoms. The first-order valence-electron chi connectivity index (χ1n) is 5.33. The summed E-state index contributed by atoms with van der Waals surface area (Å²) in [7, 11) is 1.55. The second-order valence-electron chi connectivity index (χ2n) is 3.68. The first kappa shape index (κ1) is 13.3. The fourth-order valence-corrected chi connectivity index (χ4v) is 1.88. The third-order valence-corrected chi connectivity index (χ3v) is 2.74. The lowest BCUT2D eigenvalue weighted by Gasteiger charge is -2.07. The molecule has 1 heterocycles. The van der Waals surface area contributed by atoms with Gasteiger partial charge in [0.25, 0.3) is 5.91 Å². The monoisotopic (exact) mass is 322 g/mol. The molecule has 3 N–H and O–H groups in total. The number of carbonyl (C=O) groups is 1. The van der Waals surface area contributed by atoms with Crippen LogP contribution in [0.1, 0.15) is 10.5 Å². The molecule has 0 bridgehead atoms. The lowest BCUT2D eigenvalue weighted by molar-refractivity contribution is 0.102. The van der Waals surface area contributed by atoms with Crippen molar-refractivity contribution < 1.29 is 9.53 Å². The van der Waals surface area contributed by atoms with Crippen molar-refractivity contribution in [1.29, 1.82) is 0 Å². The zero-order valence-electron chi connectivity index (χ0n) is 10.1. The van der Waals surface area contributed by atoms with Crippen LogP contribution >= 0.6 is 15.9 Å². The third-order valence-electron chi connectivity index (χ3n) is 2.28. The van der Waals surface area contributed by atoms with Crippen molar-refractivity contribution in [1.82, 2.24) is 10.2 Å². The van der Waals surface area contributed by atoms with Gasteiger partial charge in [0.15, 0.2) is 5.69 Å². The smallest absolute Gasteiger partial charge is 0.276 e. The Morgan fingerprint density at radius 3 is 2.74 bits per heavy atom. The summed E-state index contributed by atoms with van der Waals surface area (Å²) in [5.74, 6) is 0.529. The van der Waals surface area contributed by atoms with Gasteiger partial charge in [-0.25, -0.2) is 0 Å². The molecular formula is C12H11BrN4O2. The Labute approximate surface area is 118 Å². The van der Waals surface area contributed by atoms with Gasteiger partial charge in [0.2, 0.25) is 0 Å². The van der Waals surface area contributed by atoms with Gasteiger partial charge >= 0.3 is 0 Å². The predicted octanol–water partition coefficient (Wildman–Crippen LogP) is 2.08. The van der Waals surface area contributed by atoms with E-state index in [2.05, 4.69) is 31.4 Å². The summed E-state index contributed by atoms with van der Waals surface area (Å²) in [4.78, 5) is 11.9. The van der Waals surface area contributed by atoms with E-state index in [1.54, 1.807) is 25.3 Å². The molecule has 1 aromatic carbocycles. The molecule has 1 amide bonds. The van der Waals surface area contributed by atoms with Crippen LogP contribution in [0.3, 0.4) is 0 Å². The van der Waals surface area contributed by atoms with E-state index < -0.39 is 0 Å². The molecule has 2 aromatic rings. The Hall–Kier alpha value is -2.15. The van der Waals surface area contributed by atoms with Gasteiger partial charge < -0.3 is 15.8 Å². The van der Waals surface area contributed by atoms with Gasteiger partial charge in [-0.2, -0.15) is 0 Å². The van der Waals surface area contributed by atoms with Gasteiger partial charge in [0, 0.05) is 16.2 Å². The van der Waals surface area contributed by atoms with Crippen LogP contribution < -0.4 is 15.8 Å². The van der Waals surface area contributed by atoms with E-state index in [1.165, 1.54) is 12.1 Å². The first-order valence-corrected chi connectivity index (χ1v) is 6.13. The minimum absolute atomic E-state index is 0.188. The Kier molecular flexibility index (Phi) is 3.96. The molecule has 2 rings (SSSR count). The SMILES string of the molecule is COc1cc(Br)cc(NC(=O)c2ccc(N)nn2)c1. The second kappa shape index (κ2) is 5.66. The maximum Gasteiger partial charge on any atom is 0.276 e. The molecule has 0 saturated heterocycles. The molecule has 98 valence electrons. The quantitative estimate of drug-likeness (QED) is 0.902. The van der Waals surface area contributed by atoms with Crippen molar-refractivity contribution in [3.05, 3.63) is 40.5 Å². The fourth-order valence-electron chi connectivity index (χ4n) is 1.41. The van der Waals surface area contributed by atoms with Crippen molar-refractivity contribution in [2.45, 2.75) is 0 Å². The number of ether oxygens (including phenoxy) is 1. The number of carbonyl (C=O) groups excluding carboxylic acids is 1. The summed E-state index contributed by atoms with van der Waals surface area (Å²) in [6, 6.07) is 8.27. The molecule has 0 spiro atoms. The number of nitrogens with one attached hydrogen (secondary N) is 1. The summed E-state index contributed by atoms with van der Waals surface area (Å²) >= 11 is 3.33. The van der Waals surface area contributed by atoms with Gasteiger partial charge in [-0.1, -0.05) is 15.9 Å². The van der Waals surface area contributed by atoms with E-state index in [0.29, 0.717) is 11.4 Å². The zero-order chi connectivity index (χ0) is 13.8. The number of benzene rings is 1. The second-order valence-corrected chi connectivity index (χ2v) is 4.59. The summed E-state index contributed by atoms with van der Waals surface area (Å²) in [5, 5.41) is 10.0. The van der Waals surface area contributed by atoms with Crippen molar-refractivity contribution in [2.24, 2.45) is 0 Å². The number of nitrogen functional groups attached to an aromatic ring is 1. The molecule has 0 aliphatic carbocycles. The zero-order valence-corrected chi connectivity index (χ0v) is 11.6. The number of amides is 1. The highest BCUT2D eigenvalue weighted by molar-refractivity contribution is 9.10. The molecule has 0 aliphatic rings. The van der Waals surface area contributed by atoms with Crippen molar-refractivity contribution in [2.75, 3.05) is 18.2 Å². The lowest BCUT2D eigenvalue weighted by Crippen LogP contribution is -2.14. The summed E-state index contributed by atoms with van der Waals surface area (Å²) < 4.78 is 5.91. The minimum Gasteiger partial charge on any atom is -0.497 e. The Bertz CT molecular complexity index is 601. The number of nitrogens with zero attached hydrogens (tertiary/aromatic N) is 2. The maximum atomic E-state index is 11.9. The van der Waals surface area contributed by atoms with Crippen molar-refractivity contribution >= 4 is 33.3 Å². The van der Waals surface area contributed by atoms with Crippen LogP contribution in [-0.2, 0) is 0 Å². The lowest BCUT2D eigenvalue weighted by atomic mass is 10.3. The number of aromatic nitrogens is 2. The molecule has 7 heteroatoms. The van der Waals surface area contributed by atoms with Crippen molar-refractivity contribution in [3.8, 4) is 5.75 Å². The first-order chi connectivity index (χ1) is 9.08. The van der Waals surface area contributed by atoms with E-state index >= 15 is 0 Å². The molecule has 1 aromatic heterocycles. The highest BCUT2D eigenvalue weighted by Crippen LogP contribution is 2.24. The number of hydrogen-bond acceptors (Lipinski definition) is 5. The molecular weight excluding hydrogens is 312 g/mol. The minimum atomic E-state index is -0.368.